The van der Waals surface area contributed by atoms with E-state index in [0.717, 1.165) is 6.42 Å². The van der Waals surface area contributed by atoms with E-state index in [1.165, 1.54) is 57.8 Å². The van der Waals surface area contributed by atoms with Crippen molar-refractivity contribution in [3.8, 4) is 0 Å². The van der Waals surface area contributed by atoms with E-state index in [0.29, 0.717) is 0 Å². The van der Waals surface area contributed by atoms with Gasteiger partial charge in [0.2, 0.25) is 0 Å². The molecule has 0 rings (SSSR count). The van der Waals surface area contributed by atoms with Gasteiger partial charge in [0.15, 0.2) is 0 Å². The van der Waals surface area contributed by atoms with Crippen molar-refractivity contribution in [3.63, 3.8) is 0 Å². The predicted molar refractivity (Wildman–Crippen MR) is 78.7 cm³/mol. The SMILES string of the molecule is Cl.[CH2]CCCCCCCCCCC.[NaH].[NaH]. The monoisotopic (exact) mass is 253 g/mol. The number of hydrogen-bond acceptors (Lipinski definition) is 0. The topological polar surface area (TPSA) is 0 Å². The Labute approximate surface area is 148 Å². The fourth-order valence-electron chi connectivity index (χ4n) is 1.49. The Morgan fingerprint density at radius 1 is 0.667 bits per heavy atom. The molecule has 85 valence electrons. The Balaban J connectivity index is -0.000000202. The molecule has 15 heavy (non-hydrogen) atoms. The average Bonchev–Trinajstić information content (AvgIpc) is 2.10. The quantitative estimate of drug-likeness (QED) is 0.432. The summed E-state index contributed by atoms with van der Waals surface area (Å²) in [5.74, 6) is 0. The molecule has 0 saturated heterocycles. The molecule has 0 heterocycles. The summed E-state index contributed by atoms with van der Waals surface area (Å²) < 4.78 is 0. The summed E-state index contributed by atoms with van der Waals surface area (Å²) in [6, 6.07) is 0. The van der Waals surface area contributed by atoms with E-state index >= 15 is 0 Å². The van der Waals surface area contributed by atoms with Crippen molar-refractivity contribution in [1.29, 1.82) is 0 Å². The Morgan fingerprint density at radius 2 is 1.00 bits per heavy atom. The van der Waals surface area contributed by atoms with Crippen LogP contribution in [-0.2, 0) is 0 Å². The van der Waals surface area contributed by atoms with Gasteiger partial charge < -0.3 is 0 Å². The van der Waals surface area contributed by atoms with Crippen LogP contribution >= 0.6 is 12.4 Å². The second-order valence-electron chi connectivity index (χ2n) is 3.68. The van der Waals surface area contributed by atoms with Gasteiger partial charge in [-0.25, -0.2) is 0 Å². The summed E-state index contributed by atoms with van der Waals surface area (Å²) in [6.45, 7) is 6.12. The van der Waals surface area contributed by atoms with Gasteiger partial charge in [-0.2, -0.15) is 0 Å². The van der Waals surface area contributed by atoms with E-state index in [4.69, 9.17) is 0 Å². The third-order valence-corrected chi connectivity index (χ3v) is 2.35. The van der Waals surface area contributed by atoms with Crippen molar-refractivity contribution in [2.24, 2.45) is 0 Å². The third kappa shape index (κ3) is 26.1. The fraction of sp³-hybridized carbons (Fsp3) is 0.917. The molecule has 0 unspecified atom stereocenters. The van der Waals surface area contributed by atoms with E-state index in [2.05, 4.69) is 13.8 Å². The van der Waals surface area contributed by atoms with Crippen LogP contribution in [-0.4, -0.2) is 59.1 Å². The van der Waals surface area contributed by atoms with Crippen LogP contribution in [0.25, 0.3) is 0 Å². The van der Waals surface area contributed by atoms with E-state index in [9.17, 15) is 0 Å². The van der Waals surface area contributed by atoms with Gasteiger partial charge in [0.1, 0.15) is 0 Å². The first kappa shape index (κ1) is 26.0. The molecule has 0 aliphatic heterocycles. The molecule has 0 saturated carbocycles. The molecule has 0 nitrogen and oxygen atoms in total. The Kier molecular flexibility index (Phi) is 43.7. The van der Waals surface area contributed by atoms with Crippen molar-refractivity contribution in [2.75, 3.05) is 0 Å². The summed E-state index contributed by atoms with van der Waals surface area (Å²) in [5.41, 5.74) is 0. The summed E-state index contributed by atoms with van der Waals surface area (Å²) in [4.78, 5) is 0. The molecule has 0 bridgehead atoms. The fourth-order valence-corrected chi connectivity index (χ4v) is 1.49. The van der Waals surface area contributed by atoms with Gasteiger partial charge >= 0.3 is 59.1 Å². The first-order valence-corrected chi connectivity index (χ1v) is 5.71. The average molecular weight is 254 g/mol. The maximum atomic E-state index is 3.84. The van der Waals surface area contributed by atoms with Crippen molar-refractivity contribution < 1.29 is 0 Å². The van der Waals surface area contributed by atoms with E-state index < -0.39 is 0 Å². The summed E-state index contributed by atoms with van der Waals surface area (Å²) in [7, 11) is 0. The number of halogens is 1. The minimum absolute atomic E-state index is 0. The molecule has 0 spiro atoms. The molecule has 0 aromatic heterocycles. The molecule has 1 radical (unpaired) electrons. The molecule has 0 aliphatic carbocycles. The Bertz CT molecular complexity index is 70.0. The second kappa shape index (κ2) is 25.2. The summed E-state index contributed by atoms with van der Waals surface area (Å²) >= 11 is 0. The molecule has 0 N–H and O–H groups in total. The molecule has 0 aromatic rings. The molecular weight excluding hydrogens is 226 g/mol. The third-order valence-electron chi connectivity index (χ3n) is 2.35. The molecule has 0 atom stereocenters. The Morgan fingerprint density at radius 3 is 1.33 bits per heavy atom. The van der Waals surface area contributed by atoms with Crippen LogP contribution in [0.5, 0.6) is 0 Å². The standard InChI is InChI=1S/C12H25.ClH.2Na.2H/c1-3-5-7-9-11-12-10-8-6-4-2;;;;;/h1,3-12H2,2H3;1H;;;;. The molecule has 0 aromatic carbocycles. The first-order chi connectivity index (χ1) is 5.91. The van der Waals surface area contributed by atoms with Crippen LogP contribution < -0.4 is 0 Å². The van der Waals surface area contributed by atoms with Crippen molar-refractivity contribution in [1.82, 2.24) is 0 Å². The number of rotatable bonds is 9. The van der Waals surface area contributed by atoms with Gasteiger partial charge in [0.05, 0.1) is 0 Å². The van der Waals surface area contributed by atoms with E-state index in [-0.39, 0.29) is 71.5 Å². The van der Waals surface area contributed by atoms with Crippen molar-refractivity contribution in [2.45, 2.75) is 71.1 Å². The summed E-state index contributed by atoms with van der Waals surface area (Å²) in [5, 5.41) is 0. The summed E-state index contributed by atoms with van der Waals surface area (Å²) in [6.07, 6.45) is 13.9. The minimum atomic E-state index is 0. The second-order valence-corrected chi connectivity index (χ2v) is 3.68. The molecule has 0 aliphatic rings. The van der Waals surface area contributed by atoms with Gasteiger partial charge in [0, 0.05) is 0 Å². The predicted octanol–water partition coefficient (Wildman–Crippen LogP) is 3.87. The van der Waals surface area contributed by atoms with Crippen molar-refractivity contribution in [3.05, 3.63) is 6.92 Å². The molecular formula is C12H28ClNa2. The van der Waals surface area contributed by atoms with Gasteiger partial charge in [-0.15, -0.1) is 12.4 Å². The first-order valence-electron chi connectivity index (χ1n) is 5.71. The van der Waals surface area contributed by atoms with Crippen LogP contribution in [0, 0.1) is 6.92 Å². The Hall–Kier alpha value is 2.29. The zero-order valence-electron chi connectivity index (χ0n) is 9.19. The normalized spacial score (nSPS) is 8.40. The van der Waals surface area contributed by atoms with Crippen LogP contribution in [0.15, 0.2) is 0 Å². The molecule has 0 amide bonds. The number of hydrogen-bond donors (Lipinski definition) is 0. The van der Waals surface area contributed by atoms with Gasteiger partial charge in [-0.1, -0.05) is 78.1 Å². The van der Waals surface area contributed by atoms with E-state index in [1.807, 2.05) is 0 Å². The molecule has 0 fully saturated rings. The van der Waals surface area contributed by atoms with Crippen molar-refractivity contribution >= 4 is 71.5 Å². The zero-order valence-corrected chi connectivity index (χ0v) is 10.0. The number of unbranched alkanes of at least 4 members (excludes halogenated alkanes) is 9. The van der Waals surface area contributed by atoms with Gasteiger partial charge in [0.25, 0.3) is 0 Å². The van der Waals surface area contributed by atoms with Crippen LogP contribution in [0.1, 0.15) is 71.1 Å². The zero-order chi connectivity index (χ0) is 9.07. The molecule has 3 heteroatoms. The van der Waals surface area contributed by atoms with E-state index in [1.54, 1.807) is 0 Å². The van der Waals surface area contributed by atoms with Gasteiger partial charge in [-0.05, 0) is 0 Å². The van der Waals surface area contributed by atoms with Crippen LogP contribution in [0.4, 0.5) is 0 Å². The van der Waals surface area contributed by atoms with Gasteiger partial charge in [-0.3, -0.25) is 0 Å². The van der Waals surface area contributed by atoms with Crippen LogP contribution in [0.3, 0.4) is 0 Å². The van der Waals surface area contributed by atoms with Crippen LogP contribution in [0.2, 0.25) is 0 Å². The maximum absolute atomic E-state index is 3.84.